The molecule has 1 amide bonds. The Bertz CT molecular complexity index is 810. The minimum atomic E-state index is -0.486. The fourth-order valence-electron chi connectivity index (χ4n) is 3.71. The number of carbonyl (C=O) groups is 1. The number of nitrogens with one attached hydrogen (secondary N) is 1. The number of amides is 1. The van der Waals surface area contributed by atoms with Gasteiger partial charge in [0.15, 0.2) is 0 Å². The first kappa shape index (κ1) is 20.6. The Morgan fingerprint density at radius 2 is 1.89 bits per heavy atom. The van der Waals surface area contributed by atoms with Gasteiger partial charge in [-0.15, -0.1) is 0 Å². The number of benzene rings is 2. The topological polar surface area (TPSA) is 67.8 Å². The van der Waals surface area contributed by atoms with E-state index in [1.165, 1.54) is 0 Å². The molecule has 2 aromatic carbocycles. The first-order chi connectivity index (χ1) is 13.4. The van der Waals surface area contributed by atoms with E-state index >= 15 is 0 Å². The van der Waals surface area contributed by atoms with Gasteiger partial charge in [-0.05, 0) is 30.7 Å². The van der Waals surface area contributed by atoms with E-state index in [4.69, 9.17) is 21.1 Å². The van der Waals surface area contributed by atoms with Crippen molar-refractivity contribution in [1.29, 1.82) is 0 Å². The Balaban J connectivity index is 1.88. The molecule has 1 aliphatic heterocycles. The molecule has 0 unspecified atom stereocenters. The van der Waals surface area contributed by atoms with E-state index in [9.17, 15) is 9.90 Å². The Morgan fingerprint density at radius 1 is 1.21 bits per heavy atom. The zero-order valence-electron chi connectivity index (χ0n) is 16.2. The second kappa shape index (κ2) is 8.95. The van der Waals surface area contributed by atoms with E-state index in [1.54, 1.807) is 19.2 Å². The average Bonchev–Trinajstić information content (AvgIpc) is 2.66. The highest BCUT2D eigenvalue weighted by Crippen LogP contribution is 2.45. The SMILES string of the molecule is COCCC(=O)N[C@@]1(C)C[C@@H](c2ccc(Cl)cc2)O[C@@H](c2ccccc2O)C1. The Kier molecular flexibility index (Phi) is 6.60. The first-order valence-electron chi connectivity index (χ1n) is 9.39. The number of para-hydroxylation sites is 1. The number of methoxy groups -OCH3 is 1. The predicted octanol–water partition coefficient (Wildman–Crippen LogP) is 4.55. The van der Waals surface area contributed by atoms with E-state index in [0.717, 1.165) is 11.1 Å². The standard InChI is InChI=1S/C22H26ClNO4/c1-22(24-21(26)11-12-27-2)13-19(15-7-9-16(23)10-8-15)28-20(14-22)17-5-3-4-6-18(17)25/h3-10,19-20,25H,11-14H2,1-2H3,(H,24,26)/t19-,20+,22-/m0/s1. The first-order valence-corrected chi connectivity index (χ1v) is 9.77. The number of rotatable bonds is 6. The summed E-state index contributed by atoms with van der Waals surface area (Å²) < 4.78 is 11.4. The van der Waals surface area contributed by atoms with Crippen LogP contribution in [0.5, 0.6) is 5.75 Å². The third-order valence-corrected chi connectivity index (χ3v) is 5.35. The number of phenolic OH excluding ortho intramolecular Hbond substituents is 1. The Hall–Kier alpha value is -2.08. The normalized spacial score (nSPS) is 24.7. The highest BCUT2D eigenvalue weighted by atomic mass is 35.5. The molecule has 1 heterocycles. The van der Waals surface area contributed by atoms with E-state index in [0.29, 0.717) is 30.9 Å². The molecular formula is C22H26ClNO4. The van der Waals surface area contributed by atoms with Crippen LogP contribution in [0.15, 0.2) is 48.5 Å². The molecule has 0 aliphatic carbocycles. The summed E-state index contributed by atoms with van der Waals surface area (Å²) in [4.78, 5) is 12.4. The van der Waals surface area contributed by atoms with Crippen molar-refractivity contribution in [2.24, 2.45) is 0 Å². The largest absolute Gasteiger partial charge is 0.508 e. The van der Waals surface area contributed by atoms with Gasteiger partial charge in [0.25, 0.3) is 0 Å². The Labute approximate surface area is 170 Å². The number of phenols is 1. The fourth-order valence-corrected chi connectivity index (χ4v) is 3.84. The predicted molar refractivity (Wildman–Crippen MR) is 108 cm³/mol. The van der Waals surface area contributed by atoms with Gasteiger partial charge >= 0.3 is 0 Å². The van der Waals surface area contributed by atoms with Gasteiger partial charge in [0.1, 0.15) is 5.75 Å². The number of ether oxygens (including phenoxy) is 2. The number of halogens is 1. The summed E-state index contributed by atoms with van der Waals surface area (Å²) in [6, 6.07) is 14.7. The lowest BCUT2D eigenvalue weighted by molar-refractivity contribution is -0.129. The third kappa shape index (κ3) is 5.04. The van der Waals surface area contributed by atoms with Crippen LogP contribution in [0.4, 0.5) is 0 Å². The summed E-state index contributed by atoms with van der Waals surface area (Å²) in [6.07, 6.45) is 0.914. The fraction of sp³-hybridized carbons (Fsp3) is 0.409. The molecule has 0 radical (unpaired) electrons. The minimum absolute atomic E-state index is 0.0582. The van der Waals surface area contributed by atoms with Crippen LogP contribution in [0, 0.1) is 0 Å². The molecule has 0 bridgehead atoms. The maximum Gasteiger partial charge on any atom is 0.222 e. The molecule has 0 saturated carbocycles. The molecule has 5 nitrogen and oxygen atoms in total. The molecule has 0 spiro atoms. The number of carbonyl (C=O) groups excluding carboxylic acids is 1. The zero-order chi connectivity index (χ0) is 20.1. The lowest BCUT2D eigenvalue weighted by Crippen LogP contribution is -2.51. The van der Waals surface area contributed by atoms with Gasteiger partial charge in [-0.25, -0.2) is 0 Å². The van der Waals surface area contributed by atoms with Crippen LogP contribution in [0.1, 0.15) is 49.5 Å². The lowest BCUT2D eigenvalue weighted by atomic mass is 9.81. The molecule has 6 heteroatoms. The van der Waals surface area contributed by atoms with Crippen LogP contribution in [0.25, 0.3) is 0 Å². The third-order valence-electron chi connectivity index (χ3n) is 5.10. The lowest BCUT2D eigenvalue weighted by Gasteiger charge is -2.43. The molecule has 2 N–H and O–H groups in total. The summed E-state index contributed by atoms with van der Waals surface area (Å²) in [6.45, 7) is 2.40. The van der Waals surface area contributed by atoms with Crippen LogP contribution in [-0.2, 0) is 14.3 Å². The second-order valence-corrected chi connectivity index (χ2v) is 7.92. The molecule has 1 aliphatic rings. The molecule has 1 fully saturated rings. The van der Waals surface area contributed by atoms with Crippen molar-refractivity contribution < 1.29 is 19.4 Å². The number of hydrogen-bond donors (Lipinski definition) is 2. The van der Waals surface area contributed by atoms with Crippen molar-refractivity contribution in [2.45, 2.75) is 43.9 Å². The number of aromatic hydroxyl groups is 1. The van der Waals surface area contributed by atoms with Crippen LogP contribution in [0.3, 0.4) is 0 Å². The quantitative estimate of drug-likeness (QED) is 0.742. The maximum absolute atomic E-state index is 12.4. The van der Waals surface area contributed by atoms with Crippen molar-refractivity contribution >= 4 is 17.5 Å². The van der Waals surface area contributed by atoms with Crippen molar-refractivity contribution in [3.8, 4) is 5.75 Å². The Morgan fingerprint density at radius 3 is 2.57 bits per heavy atom. The molecule has 28 heavy (non-hydrogen) atoms. The molecule has 1 saturated heterocycles. The summed E-state index contributed by atoms with van der Waals surface area (Å²) >= 11 is 6.03. The van der Waals surface area contributed by atoms with E-state index in [2.05, 4.69) is 5.32 Å². The van der Waals surface area contributed by atoms with Crippen molar-refractivity contribution in [2.75, 3.05) is 13.7 Å². The molecule has 2 aromatic rings. The van der Waals surface area contributed by atoms with Crippen LogP contribution in [0.2, 0.25) is 5.02 Å². The minimum Gasteiger partial charge on any atom is -0.508 e. The second-order valence-electron chi connectivity index (χ2n) is 7.48. The average molecular weight is 404 g/mol. The van der Waals surface area contributed by atoms with Crippen LogP contribution >= 0.6 is 11.6 Å². The number of hydrogen-bond acceptors (Lipinski definition) is 4. The van der Waals surface area contributed by atoms with Gasteiger partial charge in [0, 0.05) is 42.5 Å². The molecule has 150 valence electrons. The molecule has 0 aromatic heterocycles. The van der Waals surface area contributed by atoms with Gasteiger partial charge in [-0.2, -0.15) is 0 Å². The van der Waals surface area contributed by atoms with Gasteiger partial charge in [0.05, 0.1) is 18.8 Å². The summed E-state index contributed by atoms with van der Waals surface area (Å²) in [7, 11) is 1.58. The van der Waals surface area contributed by atoms with E-state index in [1.807, 2.05) is 43.3 Å². The van der Waals surface area contributed by atoms with Crippen molar-refractivity contribution in [1.82, 2.24) is 5.32 Å². The van der Waals surface area contributed by atoms with Crippen molar-refractivity contribution in [3.05, 3.63) is 64.7 Å². The highest BCUT2D eigenvalue weighted by molar-refractivity contribution is 6.30. The van der Waals surface area contributed by atoms with Gasteiger partial charge in [-0.3, -0.25) is 4.79 Å². The summed E-state index contributed by atoms with van der Waals surface area (Å²) in [5, 5.41) is 14.1. The van der Waals surface area contributed by atoms with E-state index < -0.39 is 5.54 Å². The molecule has 3 rings (SSSR count). The van der Waals surface area contributed by atoms with E-state index in [-0.39, 0.29) is 23.9 Å². The van der Waals surface area contributed by atoms with Gasteiger partial charge in [0.2, 0.25) is 5.91 Å². The smallest absolute Gasteiger partial charge is 0.222 e. The highest BCUT2D eigenvalue weighted by Gasteiger charge is 2.40. The monoisotopic (exact) mass is 403 g/mol. The van der Waals surface area contributed by atoms with Crippen LogP contribution in [-0.4, -0.2) is 30.3 Å². The summed E-state index contributed by atoms with van der Waals surface area (Å²) in [5.41, 5.74) is 1.22. The maximum atomic E-state index is 12.4. The summed E-state index contributed by atoms with van der Waals surface area (Å²) in [5.74, 6) is 0.134. The van der Waals surface area contributed by atoms with Gasteiger partial charge in [-0.1, -0.05) is 41.9 Å². The molecular weight excluding hydrogens is 378 g/mol. The van der Waals surface area contributed by atoms with Gasteiger partial charge < -0.3 is 19.9 Å². The zero-order valence-corrected chi connectivity index (χ0v) is 16.9. The van der Waals surface area contributed by atoms with Crippen LogP contribution < -0.4 is 5.32 Å². The van der Waals surface area contributed by atoms with Crippen molar-refractivity contribution in [3.63, 3.8) is 0 Å². The molecule has 3 atom stereocenters.